The van der Waals surface area contributed by atoms with E-state index in [0.717, 1.165) is 37.4 Å². The first-order valence-electron chi connectivity index (χ1n) is 8.68. The molecule has 24 heavy (non-hydrogen) atoms. The summed E-state index contributed by atoms with van der Waals surface area (Å²) in [5.41, 5.74) is 1.93. The van der Waals surface area contributed by atoms with Crippen LogP contribution < -0.4 is 0 Å². The van der Waals surface area contributed by atoms with Crippen LogP contribution in [0.4, 0.5) is 4.39 Å². The Bertz CT molecular complexity index is 699. The zero-order valence-corrected chi connectivity index (χ0v) is 14.0. The number of aromatic nitrogens is 1. The molecule has 1 aromatic heterocycles. The summed E-state index contributed by atoms with van der Waals surface area (Å²) in [7, 11) is 0. The standard InChI is InChI=1S/C20H23FN2O/c1-2-15-4-3-12-23(13-10-15)20(24)17-7-5-16(6-8-17)18-9-11-22-14-19(18)21/h5-9,11,14-15H,2-4,10,12-13H2,1H3/t15-/m0/s1. The van der Waals surface area contributed by atoms with E-state index in [1.165, 1.54) is 19.0 Å². The highest BCUT2D eigenvalue weighted by molar-refractivity contribution is 5.94. The second kappa shape index (κ2) is 7.56. The van der Waals surface area contributed by atoms with Gasteiger partial charge in [-0.15, -0.1) is 0 Å². The van der Waals surface area contributed by atoms with Crippen LogP contribution in [0, 0.1) is 11.7 Å². The molecule has 1 aromatic carbocycles. The van der Waals surface area contributed by atoms with Crippen molar-refractivity contribution in [3.8, 4) is 11.1 Å². The highest BCUT2D eigenvalue weighted by Gasteiger charge is 2.20. The fraction of sp³-hybridized carbons (Fsp3) is 0.400. The van der Waals surface area contributed by atoms with Crippen molar-refractivity contribution in [1.82, 2.24) is 9.88 Å². The molecule has 1 fully saturated rings. The smallest absolute Gasteiger partial charge is 0.253 e. The molecular weight excluding hydrogens is 303 g/mol. The number of halogens is 1. The zero-order valence-electron chi connectivity index (χ0n) is 14.0. The van der Waals surface area contributed by atoms with Crippen LogP contribution in [-0.4, -0.2) is 28.9 Å². The van der Waals surface area contributed by atoms with Gasteiger partial charge in [-0.2, -0.15) is 0 Å². The quantitative estimate of drug-likeness (QED) is 0.829. The van der Waals surface area contributed by atoms with Crippen molar-refractivity contribution >= 4 is 5.91 Å². The van der Waals surface area contributed by atoms with Crippen molar-refractivity contribution in [2.75, 3.05) is 13.1 Å². The first kappa shape index (κ1) is 16.6. The normalized spacial score (nSPS) is 18.2. The number of rotatable bonds is 3. The fourth-order valence-corrected chi connectivity index (χ4v) is 3.36. The minimum absolute atomic E-state index is 0.0773. The predicted octanol–water partition coefficient (Wildman–Crippen LogP) is 4.54. The molecule has 0 unspecified atom stereocenters. The number of pyridine rings is 1. The molecule has 0 radical (unpaired) electrons. The summed E-state index contributed by atoms with van der Waals surface area (Å²) in [6.45, 7) is 3.88. The molecule has 1 atom stereocenters. The van der Waals surface area contributed by atoms with E-state index in [4.69, 9.17) is 0 Å². The number of carbonyl (C=O) groups is 1. The zero-order chi connectivity index (χ0) is 16.9. The first-order valence-corrected chi connectivity index (χ1v) is 8.68. The SMILES string of the molecule is CC[C@H]1CCCN(C(=O)c2ccc(-c3ccncc3F)cc2)CC1. The summed E-state index contributed by atoms with van der Waals surface area (Å²) in [4.78, 5) is 18.4. The van der Waals surface area contributed by atoms with Crippen LogP contribution in [-0.2, 0) is 0 Å². The summed E-state index contributed by atoms with van der Waals surface area (Å²) in [6, 6.07) is 8.84. The number of benzene rings is 1. The van der Waals surface area contributed by atoms with Crippen LogP contribution >= 0.6 is 0 Å². The van der Waals surface area contributed by atoms with E-state index in [-0.39, 0.29) is 11.7 Å². The molecule has 1 amide bonds. The van der Waals surface area contributed by atoms with Crippen molar-refractivity contribution in [1.29, 1.82) is 0 Å². The van der Waals surface area contributed by atoms with Crippen LogP contribution in [0.25, 0.3) is 11.1 Å². The average Bonchev–Trinajstić information content (AvgIpc) is 2.87. The van der Waals surface area contributed by atoms with Crippen LogP contribution in [0.15, 0.2) is 42.7 Å². The maximum atomic E-state index is 13.8. The summed E-state index contributed by atoms with van der Waals surface area (Å²) >= 11 is 0. The number of hydrogen-bond acceptors (Lipinski definition) is 2. The summed E-state index contributed by atoms with van der Waals surface area (Å²) < 4.78 is 13.8. The number of carbonyl (C=O) groups excluding carboxylic acids is 1. The molecular formula is C20H23FN2O. The third-order valence-corrected chi connectivity index (χ3v) is 4.93. The molecule has 3 nitrogen and oxygen atoms in total. The third-order valence-electron chi connectivity index (χ3n) is 4.93. The van der Waals surface area contributed by atoms with Crippen molar-refractivity contribution in [3.63, 3.8) is 0 Å². The van der Waals surface area contributed by atoms with Crippen LogP contribution in [0.5, 0.6) is 0 Å². The van der Waals surface area contributed by atoms with Gasteiger partial charge in [-0.3, -0.25) is 9.78 Å². The summed E-state index contributed by atoms with van der Waals surface area (Å²) in [5, 5.41) is 0. The van der Waals surface area contributed by atoms with Gasteiger partial charge in [-0.05, 0) is 48.9 Å². The van der Waals surface area contributed by atoms with E-state index < -0.39 is 0 Å². The molecule has 0 spiro atoms. The van der Waals surface area contributed by atoms with Gasteiger partial charge in [-0.1, -0.05) is 25.5 Å². The Morgan fingerprint density at radius 3 is 2.71 bits per heavy atom. The predicted molar refractivity (Wildman–Crippen MR) is 93.2 cm³/mol. The van der Waals surface area contributed by atoms with E-state index in [1.54, 1.807) is 36.5 Å². The molecule has 2 heterocycles. The van der Waals surface area contributed by atoms with Crippen LogP contribution in [0.2, 0.25) is 0 Å². The van der Waals surface area contributed by atoms with Gasteiger partial charge in [0.1, 0.15) is 5.82 Å². The van der Waals surface area contributed by atoms with Gasteiger partial charge in [0.05, 0.1) is 6.20 Å². The largest absolute Gasteiger partial charge is 0.339 e. The Hall–Kier alpha value is -2.23. The number of hydrogen-bond donors (Lipinski definition) is 0. The molecule has 126 valence electrons. The maximum Gasteiger partial charge on any atom is 0.253 e. The van der Waals surface area contributed by atoms with E-state index in [0.29, 0.717) is 11.1 Å². The monoisotopic (exact) mass is 326 g/mol. The highest BCUT2D eigenvalue weighted by atomic mass is 19.1. The minimum Gasteiger partial charge on any atom is -0.339 e. The topological polar surface area (TPSA) is 33.2 Å². The summed E-state index contributed by atoms with van der Waals surface area (Å²) in [6.07, 6.45) is 7.33. The van der Waals surface area contributed by atoms with E-state index in [1.807, 2.05) is 4.90 Å². The molecule has 0 aliphatic carbocycles. The van der Waals surface area contributed by atoms with Crippen molar-refractivity contribution in [2.24, 2.45) is 5.92 Å². The van der Waals surface area contributed by atoms with Gasteiger partial charge in [0.25, 0.3) is 5.91 Å². The lowest BCUT2D eigenvalue weighted by Gasteiger charge is -2.20. The second-order valence-electron chi connectivity index (χ2n) is 6.43. The van der Waals surface area contributed by atoms with Crippen LogP contribution in [0.1, 0.15) is 43.0 Å². The van der Waals surface area contributed by atoms with E-state index in [2.05, 4.69) is 11.9 Å². The van der Waals surface area contributed by atoms with Gasteiger partial charge in [0.15, 0.2) is 0 Å². The molecule has 1 aliphatic heterocycles. The van der Waals surface area contributed by atoms with E-state index in [9.17, 15) is 9.18 Å². The first-order chi connectivity index (χ1) is 11.7. The van der Waals surface area contributed by atoms with Gasteiger partial charge in [0, 0.05) is 30.4 Å². The Balaban J connectivity index is 1.73. The molecule has 1 saturated heterocycles. The van der Waals surface area contributed by atoms with Crippen molar-refractivity contribution in [3.05, 3.63) is 54.1 Å². The molecule has 1 aliphatic rings. The fourth-order valence-electron chi connectivity index (χ4n) is 3.36. The summed E-state index contributed by atoms with van der Waals surface area (Å²) in [5.74, 6) is 0.461. The van der Waals surface area contributed by atoms with Crippen molar-refractivity contribution < 1.29 is 9.18 Å². The van der Waals surface area contributed by atoms with Gasteiger partial charge in [0.2, 0.25) is 0 Å². The van der Waals surface area contributed by atoms with Crippen molar-refractivity contribution in [2.45, 2.75) is 32.6 Å². The molecule has 4 heteroatoms. The Morgan fingerprint density at radius 2 is 2.00 bits per heavy atom. The molecule has 0 saturated carbocycles. The lowest BCUT2D eigenvalue weighted by molar-refractivity contribution is 0.0760. The maximum absolute atomic E-state index is 13.8. The van der Waals surface area contributed by atoms with E-state index >= 15 is 0 Å². The Morgan fingerprint density at radius 1 is 1.21 bits per heavy atom. The Labute approximate surface area is 142 Å². The molecule has 2 aromatic rings. The van der Waals surface area contributed by atoms with Gasteiger partial charge < -0.3 is 4.90 Å². The molecule has 3 rings (SSSR count). The van der Waals surface area contributed by atoms with Crippen LogP contribution in [0.3, 0.4) is 0 Å². The second-order valence-corrected chi connectivity index (χ2v) is 6.43. The minimum atomic E-state index is -0.352. The third kappa shape index (κ3) is 3.64. The lowest BCUT2D eigenvalue weighted by atomic mass is 9.98. The molecule has 0 bridgehead atoms. The Kier molecular flexibility index (Phi) is 5.24. The number of amides is 1. The van der Waals surface area contributed by atoms with Gasteiger partial charge >= 0.3 is 0 Å². The number of likely N-dealkylation sites (tertiary alicyclic amines) is 1. The lowest BCUT2D eigenvalue weighted by Crippen LogP contribution is -2.32. The molecule has 0 N–H and O–H groups in total. The average molecular weight is 326 g/mol. The van der Waals surface area contributed by atoms with Gasteiger partial charge in [-0.25, -0.2) is 4.39 Å². The number of nitrogens with zero attached hydrogens (tertiary/aromatic N) is 2. The highest BCUT2D eigenvalue weighted by Crippen LogP contribution is 2.24.